The Bertz CT molecular complexity index is 1190. The van der Waals surface area contributed by atoms with E-state index in [0.717, 1.165) is 11.1 Å². The molecule has 0 unspecified atom stereocenters. The molecule has 1 fully saturated rings. The fourth-order valence-corrected chi connectivity index (χ4v) is 5.97. The maximum Gasteiger partial charge on any atom is 0.265 e. The van der Waals surface area contributed by atoms with Crippen molar-refractivity contribution in [1.82, 2.24) is 9.62 Å². The number of carbonyl (C=O) groups excluding carboxylic acids is 2. The van der Waals surface area contributed by atoms with Crippen molar-refractivity contribution in [1.29, 1.82) is 0 Å². The van der Waals surface area contributed by atoms with Gasteiger partial charge in [-0.15, -0.1) is 0 Å². The molecule has 0 spiro atoms. The Kier molecular flexibility index (Phi) is 6.45. The summed E-state index contributed by atoms with van der Waals surface area (Å²) in [5, 5.41) is 5.71. The SMILES string of the molecule is Cc1cccc(CNC(=O)C2CCN(S(=O)(=O)c3cc4c(cc3C)NC(=O)[C@H](C)O4)CC2)c1. The summed E-state index contributed by atoms with van der Waals surface area (Å²) in [7, 11) is -3.76. The predicted octanol–water partition coefficient (Wildman–Crippen LogP) is 2.74. The van der Waals surface area contributed by atoms with E-state index in [1.807, 2.05) is 31.2 Å². The summed E-state index contributed by atoms with van der Waals surface area (Å²) in [4.78, 5) is 24.6. The van der Waals surface area contributed by atoms with E-state index in [9.17, 15) is 18.0 Å². The number of carbonyl (C=O) groups is 2. The number of anilines is 1. The van der Waals surface area contributed by atoms with Gasteiger partial charge in [-0.25, -0.2) is 8.42 Å². The van der Waals surface area contributed by atoms with Gasteiger partial charge in [-0.3, -0.25) is 9.59 Å². The summed E-state index contributed by atoms with van der Waals surface area (Å²) in [5.74, 6) is -0.182. The largest absolute Gasteiger partial charge is 0.479 e. The first-order chi connectivity index (χ1) is 15.6. The monoisotopic (exact) mass is 471 g/mol. The molecule has 2 heterocycles. The summed E-state index contributed by atoms with van der Waals surface area (Å²) in [5.41, 5.74) is 3.18. The van der Waals surface area contributed by atoms with Crippen LogP contribution >= 0.6 is 0 Å². The second-order valence-corrected chi connectivity index (χ2v) is 10.7. The zero-order chi connectivity index (χ0) is 23.8. The van der Waals surface area contributed by atoms with Gasteiger partial charge in [0.15, 0.2) is 6.10 Å². The summed E-state index contributed by atoms with van der Waals surface area (Å²) < 4.78 is 33.7. The van der Waals surface area contributed by atoms with Crippen LogP contribution in [0.5, 0.6) is 5.75 Å². The number of fused-ring (bicyclic) bond motifs is 1. The number of aryl methyl sites for hydroxylation is 2. The number of hydrogen-bond acceptors (Lipinski definition) is 5. The summed E-state index contributed by atoms with van der Waals surface area (Å²) in [6.45, 7) is 6.32. The molecule has 0 radical (unpaired) electrons. The van der Waals surface area contributed by atoms with Crippen molar-refractivity contribution in [3.8, 4) is 5.75 Å². The third kappa shape index (κ3) is 4.89. The highest BCUT2D eigenvalue weighted by molar-refractivity contribution is 7.89. The molecule has 0 bridgehead atoms. The molecule has 1 saturated heterocycles. The molecule has 33 heavy (non-hydrogen) atoms. The van der Waals surface area contributed by atoms with Gasteiger partial charge in [-0.1, -0.05) is 29.8 Å². The second-order valence-electron chi connectivity index (χ2n) is 8.75. The Morgan fingerprint density at radius 3 is 2.61 bits per heavy atom. The molecule has 2 aromatic rings. The summed E-state index contributed by atoms with van der Waals surface area (Å²) >= 11 is 0. The third-order valence-electron chi connectivity index (χ3n) is 6.20. The molecule has 0 saturated carbocycles. The van der Waals surface area contributed by atoms with E-state index >= 15 is 0 Å². The third-order valence-corrected chi connectivity index (χ3v) is 8.24. The van der Waals surface area contributed by atoms with Gasteiger partial charge in [0.1, 0.15) is 5.75 Å². The molecule has 0 aromatic heterocycles. The van der Waals surface area contributed by atoms with Crippen LogP contribution in [0.1, 0.15) is 36.5 Å². The molecular formula is C24H29N3O5S. The highest BCUT2D eigenvalue weighted by Gasteiger charge is 2.34. The standard InChI is InChI=1S/C24H29N3O5S/c1-15-5-4-6-18(11-15)14-25-24(29)19-7-9-27(10-8-19)33(30,31)22-13-21-20(12-16(22)2)26-23(28)17(3)32-21/h4-6,11-13,17,19H,7-10,14H2,1-3H3,(H,25,29)(H,26,28)/t17-/m0/s1. The molecule has 2 aromatic carbocycles. The van der Waals surface area contributed by atoms with Crippen LogP contribution in [-0.4, -0.2) is 43.7 Å². The highest BCUT2D eigenvalue weighted by Crippen LogP contribution is 2.36. The number of nitrogens with zero attached hydrogens (tertiary/aromatic N) is 1. The average Bonchev–Trinajstić information content (AvgIpc) is 2.78. The van der Waals surface area contributed by atoms with Gasteiger partial charge in [0, 0.05) is 31.6 Å². The zero-order valence-electron chi connectivity index (χ0n) is 19.1. The lowest BCUT2D eigenvalue weighted by Gasteiger charge is -2.31. The number of sulfonamides is 1. The van der Waals surface area contributed by atoms with E-state index in [1.54, 1.807) is 19.9 Å². The average molecular weight is 472 g/mol. The normalized spacial score (nSPS) is 19.4. The summed E-state index contributed by atoms with van der Waals surface area (Å²) in [6.07, 6.45) is 0.240. The number of benzene rings is 2. The number of piperidine rings is 1. The van der Waals surface area contributed by atoms with Gasteiger partial charge in [-0.05, 0) is 50.8 Å². The number of amides is 2. The van der Waals surface area contributed by atoms with Gasteiger partial charge < -0.3 is 15.4 Å². The molecule has 2 aliphatic rings. The van der Waals surface area contributed by atoms with Crippen molar-refractivity contribution in [2.45, 2.75) is 51.2 Å². The van der Waals surface area contributed by atoms with Crippen molar-refractivity contribution in [2.24, 2.45) is 5.92 Å². The number of hydrogen-bond donors (Lipinski definition) is 2. The smallest absolute Gasteiger partial charge is 0.265 e. The number of ether oxygens (including phenoxy) is 1. The first-order valence-corrected chi connectivity index (χ1v) is 12.5. The first kappa shape index (κ1) is 23.3. The molecule has 0 aliphatic carbocycles. The maximum atomic E-state index is 13.3. The van der Waals surface area contributed by atoms with E-state index in [1.165, 1.54) is 10.4 Å². The lowest BCUT2D eigenvalue weighted by molar-refractivity contribution is -0.126. The van der Waals surface area contributed by atoms with Crippen LogP contribution in [0.25, 0.3) is 0 Å². The van der Waals surface area contributed by atoms with Crippen molar-refractivity contribution in [3.05, 3.63) is 53.1 Å². The van der Waals surface area contributed by atoms with E-state index in [-0.39, 0.29) is 35.7 Å². The van der Waals surface area contributed by atoms with Gasteiger partial charge in [-0.2, -0.15) is 4.31 Å². The van der Waals surface area contributed by atoms with E-state index in [0.29, 0.717) is 36.4 Å². The van der Waals surface area contributed by atoms with E-state index in [2.05, 4.69) is 10.6 Å². The van der Waals surface area contributed by atoms with Crippen LogP contribution in [0.4, 0.5) is 5.69 Å². The summed E-state index contributed by atoms with van der Waals surface area (Å²) in [6, 6.07) is 11.1. The Hall–Kier alpha value is -2.91. The van der Waals surface area contributed by atoms with Crippen molar-refractivity contribution >= 4 is 27.5 Å². The zero-order valence-corrected chi connectivity index (χ0v) is 19.9. The fourth-order valence-electron chi connectivity index (χ4n) is 4.27. The second kappa shape index (κ2) is 9.15. The Balaban J connectivity index is 1.40. The fraction of sp³-hybridized carbons (Fsp3) is 0.417. The number of rotatable bonds is 5. The number of nitrogens with one attached hydrogen (secondary N) is 2. The Morgan fingerprint density at radius 1 is 1.18 bits per heavy atom. The Morgan fingerprint density at radius 2 is 1.91 bits per heavy atom. The minimum absolute atomic E-state index is 0.0448. The minimum Gasteiger partial charge on any atom is -0.479 e. The van der Waals surface area contributed by atoms with Crippen LogP contribution in [0.3, 0.4) is 0 Å². The van der Waals surface area contributed by atoms with Gasteiger partial charge in [0.05, 0.1) is 10.6 Å². The molecule has 9 heteroatoms. The molecule has 176 valence electrons. The molecule has 2 aliphatic heterocycles. The topological polar surface area (TPSA) is 105 Å². The van der Waals surface area contributed by atoms with E-state index in [4.69, 9.17) is 4.74 Å². The molecule has 2 amide bonds. The van der Waals surface area contributed by atoms with Crippen LogP contribution in [0.2, 0.25) is 0 Å². The van der Waals surface area contributed by atoms with Gasteiger partial charge in [0.2, 0.25) is 15.9 Å². The van der Waals surface area contributed by atoms with Crippen LogP contribution in [0, 0.1) is 19.8 Å². The lowest BCUT2D eigenvalue weighted by Crippen LogP contribution is -2.43. The highest BCUT2D eigenvalue weighted by atomic mass is 32.2. The minimum atomic E-state index is -3.76. The van der Waals surface area contributed by atoms with Crippen LogP contribution < -0.4 is 15.4 Å². The van der Waals surface area contributed by atoms with Gasteiger partial charge >= 0.3 is 0 Å². The first-order valence-electron chi connectivity index (χ1n) is 11.1. The molecule has 4 rings (SSSR count). The quantitative estimate of drug-likeness (QED) is 0.698. The molecule has 1 atom stereocenters. The molecule has 8 nitrogen and oxygen atoms in total. The van der Waals surface area contributed by atoms with Crippen molar-refractivity contribution < 1.29 is 22.7 Å². The molecule has 2 N–H and O–H groups in total. The lowest BCUT2D eigenvalue weighted by atomic mass is 9.97. The van der Waals surface area contributed by atoms with Crippen LogP contribution in [-0.2, 0) is 26.2 Å². The van der Waals surface area contributed by atoms with Crippen molar-refractivity contribution in [2.75, 3.05) is 18.4 Å². The predicted molar refractivity (Wildman–Crippen MR) is 124 cm³/mol. The van der Waals surface area contributed by atoms with E-state index < -0.39 is 16.1 Å². The van der Waals surface area contributed by atoms with Crippen LogP contribution in [0.15, 0.2) is 41.3 Å². The molecular weight excluding hydrogens is 442 g/mol. The van der Waals surface area contributed by atoms with Gasteiger partial charge in [0.25, 0.3) is 5.91 Å². The maximum absolute atomic E-state index is 13.3. The van der Waals surface area contributed by atoms with Crippen molar-refractivity contribution in [3.63, 3.8) is 0 Å². The Labute approximate surface area is 194 Å².